The van der Waals surface area contributed by atoms with E-state index in [1.54, 1.807) is 0 Å². The minimum Gasteiger partial charge on any atom is -0.481 e. The van der Waals surface area contributed by atoms with E-state index in [9.17, 15) is 9.59 Å². The predicted octanol–water partition coefficient (Wildman–Crippen LogP) is 3.93. The van der Waals surface area contributed by atoms with Crippen LogP contribution in [-0.2, 0) is 9.59 Å². The third-order valence-corrected chi connectivity index (χ3v) is 4.27. The van der Waals surface area contributed by atoms with Crippen LogP contribution in [0.3, 0.4) is 0 Å². The smallest absolute Gasteiger partial charge is 0.303 e. The van der Waals surface area contributed by atoms with Crippen LogP contribution in [0.4, 0.5) is 0 Å². The molecule has 19 heavy (non-hydrogen) atoms. The lowest BCUT2D eigenvalue weighted by atomic mass is 9.71. The number of carbonyl (C=O) groups is 2. The molecule has 0 bridgehead atoms. The van der Waals surface area contributed by atoms with E-state index in [4.69, 9.17) is 5.11 Å². The van der Waals surface area contributed by atoms with Crippen molar-refractivity contribution in [3.63, 3.8) is 0 Å². The molecular weight excluding hydrogens is 240 g/mol. The molecule has 3 heteroatoms. The predicted molar refractivity (Wildman–Crippen MR) is 78.0 cm³/mol. The molecule has 0 aromatic heterocycles. The number of hydrogen-bond donors (Lipinski definition) is 1. The zero-order valence-electron chi connectivity index (χ0n) is 12.9. The minimum absolute atomic E-state index is 0.0437. The largest absolute Gasteiger partial charge is 0.481 e. The van der Waals surface area contributed by atoms with Crippen LogP contribution in [0.15, 0.2) is 12.7 Å². The van der Waals surface area contributed by atoms with Crippen LogP contribution >= 0.6 is 0 Å². The monoisotopic (exact) mass is 268 g/mol. The highest BCUT2D eigenvalue weighted by atomic mass is 16.4. The fourth-order valence-electron chi connectivity index (χ4n) is 2.37. The van der Waals surface area contributed by atoms with Gasteiger partial charge in [0.2, 0.25) is 0 Å². The average molecular weight is 268 g/mol. The lowest BCUT2D eigenvalue weighted by molar-refractivity contribution is -0.139. The van der Waals surface area contributed by atoms with Crippen LogP contribution in [-0.4, -0.2) is 16.9 Å². The van der Waals surface area contributed by atoms with Crippen molar-refractivity contribution in [2.75, 3.05) is 0 Å². The van der Waals surface area contributed by atoms with E-state index in [1.807, 2.05) is 26.8 Å². The van der Waals surface area contributed by atoms with Crippen LogP contribution in [0.25, 0.3) is 0 Å². The Hall–Kier alpha value is -1.12. The molecular formula is C16H28O3. The summed E-state index contributed by atoms with van der Waals surface area (Å²) in [6.07, 6.45) is 3.22. The number of ketones is 1. The maximum atomic E-state index is 12.5. The molecule has 0 amide bonds. The van der Waals surface area contributed by atoms with Crippen LogP contribution in [0, 0.1) is 23.2 Å². The summed E-state index contributed by atoms with van der Waals surface area (Å²) in [5.74, 6) is -0.0566. The summed E-state index contributed by atoms with van der Waals surface area (Å²) in [7, 11) is 0. The Morgan fingerprint density at radius 3 is 2.21 bits per heavy atom. The van der Waals surface area contributed by atoms with Crippen molar-refractivity contribution in [3.8, 4) is 0 Å². The van der Waals surface area contributed by atoms with E-state index >= 15 is 0 Å². The molecule has 0 aliphatic heterocycles. The van der Waals surface area contributed by atoms with Crippen molar-refractivity contribution in [1.82, 2.24) is 0 Å². The number of rotatable bonds is 9. The number of allylic oxidation sites excluding steroid dienone is 1. The summed E-state index contributed by atoms with van der Waals surface area (Å²) in [5, 5.41) is 8.74. The van der Waals surface area contributed by atoms with Gasteiger partial charge in [0, 0.05) is 17.8 Å². The van der Waals surface area contributed by atoms with Gasteiger partial charge in [-0.2, -0.15) is 0 Å². The van der Waals surface area contributed by atoms with Crippen molar-refractivity contribution >= 4 is 11.8 Å². The number of carboxylic acids is 1. The van der Waals surface area contributed by atoms with Gasteiger partial charge in [-0.25, -0.2) is 0 Å². The normalized spacial score (nSPS) is 16.5. The molecule has 0 fully saturated rings. The van der Waals surface area contributed by atoms with E-state index in [-0.39, 0.29) is 24.0 Å². The Labute approximate surface area is 117 Å². The molecule has 1 N–H and O–H groups in total. The number of hydrogen-bond acceptors (Lipinski definition) is 2. The van der Waals surface area contributed by atoms with E-state index in [0.717, 1.165) is 6.42 Å². The molecule has 3 atom stereocenters. The second-order valence-corrected chi connectivity index (χ2v) is 6.29. The third kappa shape index (κ3) is 5.58. The number of carboxylic acid groups (broad SMARTS) is 1. The molecule has 0 aromatic rings. The average Bonchev–Trinajstić information content (AvgIpc) is 2.34. The lowest BCUT2D eigenvalue weighted by Crippen LogP contribution is -2.35. The van der Waals surface area contributed by atoms with Crippen molar-refractivity contribution < 1.29 is 14.7 Å². The van der Waals surface area contributed by atoms with Gasteiger partial charge < -0.3 is 5.11 Å². The highest BCUT2D eigenvalue weighted by Crippen LogP contribution is 2.33. The Morgan fingerprint density at radius 1 is 1.26 bits per heavy atom. The van der Waals surface area contributed by atoms with Gasteiger partial charge in [-0.05, 0) is 24.7 Å². The van der Waals surface area contributed by atoms with Gasteiger partial charge in [-0.1, -0.05) is 40.7 Å². The van der Waals surface area contributed by atoms with Gasteiger partial charge in [0.25, 0.3) is 0 Å². The first kappa shape index (κ1) is 17.9. The van der Waals surface area contributed by atoms with E-state index in [2.05, 4.69) is 20.4 Å². The van der Waals surface area contributed by atoms with Crippen LogP contribution < -0.4 is 0 Å². The van der Waals surface area contributed by atoms with Gasteiger partial charge in [0.1, 0.15) is 5.78 Å². The fourth-order valence-corrected chi connectivity index (χ4v) is 2.37. The summed E-state index contributed by atoms with van der Waals surface area (Å²) in [6, 6.07) is 0. The molecule has 0 saturated heterocycles. The molecule has 0 radical (unpaired) electrons. The minimum atomic E-state index is -0.846. The first-order valence-electron chi connectivity index (χ1n) is 7.00. The molecule has 0 aliphatic carbocycles. The van der Waals surface area contributed by atoms with Crippen LogP contribution in [0.2, 0.25) is 0 Å². The summed E-state index contributed by atoms with van der Waals surface area (Å²) in [6.45, 7) is 13.6. The Kier molecular flexibility index (Phi) is 7.02. The Balaban J connectivity index is 4.69. The van der Waals surface area contributed by atoms with Crippen molar-refractivity contribution in [2.45, 2.75) is 53.9 Å². The highest BCUT2D eigenvalue weighted by Gasteiger charge is 2.35. The zero-order chi connectivity index (χ0) is 15.2. The molecule has 0 unspecified atom stereocenters. The number of aliphatic carboxylic acids is 1. The topological polar surface area (TPSA) is 54.4 Å². The molecule has 0 saturated carbocycles. The molecule has 0 aliphatic rings. The molecule has 3 nitrogen and oxygen atoms in total. The summed E-state index contributed by atoms with van der Waals surface area (Å²) < 4.78 is 0. The first-order valence-corrected chi connectivity index (χ1v) is 7.00. The van der Waals surface area contributed by atoms with Gasteiger partial charge in [-0.15, -0.1) is 6.58 Å². The molecule has 0 rings (SSSR count). The van der Waals surface area contributed by atoms with Crippen molar-refractivity contribution in [2.24, 2.45) is 23.2 Å². The van der Waals surface area contributed by atoms with Crippen molar-refractivity contribution in [3.05, 3.63) is 12.7 Å². The van der Waals surface area contributed by atoms with E-state index in [0.29, 0.717) is 12.3 Å². The third-order valence-electron chi connectivity index (χ3n) is 4.27. The summed E-state index contributed by atoms with van der Waals surface area (Å²) >= 11 is 0. The Bertz CT molecular complexity index is 331. The van der Waals surface area contributed by atoms with Gasteiger partial charge in [-0.3, -0.25) is 9.59 Å². The first-order chi connectivity index (χ1) is 8.63. The molecule has 0 aromatic carbocycles. The number of Topliss-reactive ketones (excluding diaryl/α,β-unsaturated/α-hetero) is 1. The maximum Gasteiger partial charge on any atom is 0.303 e. The van der Waals surface area contributed by atoms with E-state index in [1.165, 1.54) is 0 Å². The van der Waals surface area contributed by atoms with Gasteiger partial charge in [0.05, 0.1) is 0 Å². The number of carbonyl (C=O) groups excluding carboxylic acids is 1. The second kappa shape index (κ2) is 7.46. The summed E-state index contributed by atoms with van der Waals surface area (Å²) in [5.41, 5.74) is -0.569. The highest BCUT2D eigenvalue weighted by molar-refractivity contribution is 5.86. The van der Waals surface area contributed by atoms with Crippen LogP contribution in [0.1, 0.15) is 53.9 Å². The zero-order valence-corrected chi connectivity index (χ0v) is 12.9. The summed E-state index contributed by atoms with van der Waals surface area (Å²) in [4.78, 5) is 23.2. The molecule has 0 spiro atoms. The van der Waals surface area contributed by atoms with Gasteiger partial charge >= 0.3 is 5.97 Å². The van der Waals surface area contributed by atoms with Crippen molar-refractivity contribution in [1.29, 1.82) is 0 Å². The van der Waals surface area contributed by atoms with E-state index < -0.39 is 11.4 Å². The Morgan fingerprint density at radius 2 is 1.79 bits per heavy atom. The maximum absolute atomic E-state index is 12.5. The quantitative estimate of drug-likeness (QED) is 0.645. The standard InChI is InChI=1S/C16H28O3/c1-7-8-11(2)12(3)13(4)15(19)16(5,6)10-9-14(17)18/h7,11-13H,1,8-10H2,2-6H3,(H,17,18)/t11-,12-,13+/m0/s1. The second-order valence-electron chi connectivity index (χ2n) is 6.29. The molecule has 110 valence electrons. The van der Waals surface area contributed by atoms with Gasteiger partial charge in [0.15, 0.2) is 0 Å². The SMILES string of the molecule is C=CC[C@H](C)[C@H](C)[C@@H](C)C(=O)C(C)(C)CCC(=O)O. The molecule has 0 heterocycles. The fraction of sp³-hybridized carbons (Fsp3) is 0.750. The van der Waals surface area contributed by atoms with Crippen LogP contribution in [0.5, 0.6) is 0 Å². The lowest BCUT2D eigenvalue weighted by Gasteiger charge is -2.31.